The first-order valence-electron chi connectivity index (χ1n) is 4.07. The summed E-state index contributed by atoms with van der Waals surface area (Å²) < 4.78 is 0. The normalized spacial score (nSPS) is 21.5. The van der Waals surface area contributed by atoms with Crippen LogP contribution in [-0.2, 0) is 0 Å². The van der Waals surface area contributed by atoms with Gasteiger partial charge in [0.05, 0.1) is 0 Å². The van der Waals surface area contributed by atoms with Gasteiger partial charge in [0.1, 0.15) is 0 Å². The topological polar surface area (TPSA) is 61.9 Å². The second-order valence-electron chi connectivity index (χ2n) is 2.86. The Labute approximate surface area is 66.7 Å². The van der Waals surface area contributed by atoms with E-state index < -0.39 is 0 Å². The number of nitrogens with two attached hydrogens (primary N) is 1. The smallest absolute Gasteiger partial charge is 0.233 e. The molecule has 1 fully saturated rings. The Hall–Kier alpha value is -0.930. The summed E-state index contributed by atoms with van der Waals surface area (Å²) >= 11 is 0. The second-order valence-corrected chi connectivity index (χ2v) is 2.86. The Morgan fingerprint density at radius 1 is 1.18 bits per heavy atom. The van der Waals surface area contributed by atoms with Crippen LogP contribution in [0.15, 0.2) is 5.16 Å². The molecule has 1 heterocycles. The van der Waals surface area contributed by atoms with Gasteiger partial charge in [0.15, 0.2) is 0 Å². The molecule has 0 unspecified atom stereocenters. The van der Waals surface area contributed by atoms with E-state index in [9.17, 15) is 0 Å². The highest BCUT2D eigenvalue weighted by Crippen LogP contribution is 2.08. The van der Waals surface area contributed by atoms with E-state index in [2.05, 4.69) is 5.16 Å². The summed E-state index contributed by atoms with van der Waals surface area (Å²) in [4.78, 5) is 1.92. The number of guanidine groups is 1. The quantitative estimate of drug-likeness (QED) is 0.234. The van der Waals surface area contributed by atoms with Crippen molar-refractivity contribution in [3.05, 3.63) is 0 Å². The molecule has 1 saturated heterocycles. The average Bonchev–Trinajstić information content (AvgIpc) is 2.30. The number of nitrogens with zero attached hydrogens (tertiary/aromatic N) is 2. The molecule has 0 aliphatic carbocycles. The first kappa shape index (κ1) is 8.17. The molecule has 0 amide bonds. The van der Waals surface area contributed by atoms with E-state index in [1.807, 2.05) is 4.90 Å². The van der Waals surface area contributed by atoms with Crippen molar-refractivity contribution in [3.8, 4) is 0 Å². The number of hydrogen-bond acceptors (Lipinski definition) is 2. The van der Waals surface area contributed by atoms with Crippen LogP contribution >= 0.6 is 0 Å². The molecule has 4 heteroatoms. The van der Waals surface area contributed by atoms with Gasteiger partial charge >= 0.3 is 0 Å². The van der Waals surface area contributed by atoms with E-state index in [-0.39, 0.29) is 5.96 Å². The fourth-order valence-corrected chi connectivity index (χ4v) is 1.36. The van der Waals surface area contributed by atoms with Gasteiger partial charge in [-0.05, 0) is 12.8 Å². The van der Waals surface area contributed by atoms with Gasteiger partial charge in [0, 0.05) is 13.1 Å². The van der Waals surface area contributed by atoms with Crippen molar-refractivity contribution < 1.29 is 5.21 Å². The Kier molecular flexibility index (Phi) is 3.01. The molecule has 4 nitrogen and oxygen atoms in total. The largest absolute Gasteiger partial charge is 0.408 e. The molecule has 0 saturated carbocycles. The van der Waals surface area contributed by atoms with Gasteiger partial charge in [-0.2, -0.15) is 0 Å². The van der Waals surface area contributed by atoms with Gasteiger partial charge in [-0.3, -0.25) is 0 Å². The van der Waals surface area contributed by atoms with Gasteiger partial charge in [0.25, 0.3) is 0 Å². The summed E-state index contributed by atoms with van der Waals surface area (Å²) in [7, 11) is 0. The van der Waals surface area contributed by atoms with Crippen LogP contribution in [0.4, 0.5) is 0 Å². The number of hydrogen-bond donors (Lipinski definition) is 2. The first-order valence-corrected chi connectivity index (χ1v) is 4.07. The molecule has 0 atom stereocenters. The number of oxime groups is 1. The lowest BCUT2D eigenvalue weighted by molar-refractivity contribution is 0.299. The third kappa shape index (κ3) is 2.29. The minimum Gasteiger partial charge on any atom is -0.408 e. The zero-order valence-corrected chi connectivity index (χ0v) is 6.66. The Morgan fingerprint density at radius 3 is 2.18 bits per heavy atom. The van der Waals surface area contributed by atoms with E-state index >= 15 is 0 Å². The molecule has 0 spiro atoms. The van der Waals surface area contributed by atoms with Crippen molar-refractivity contribution in [3.63, 3.8) is 0 Å². The maximum Gasteiger partial charge on any atom is 0.233 e. The summed E-state index contributed by atoms with van der Waals surface area (Å²) in [6, 6.07) is 0. The Morgan fingerprint density at radius 2 is 1.73 bits per heavy atom. The molecule has 3 N–H and O–H groups in total. The molecule has 1 aliphatic rings. The number of rotatable bonds is 0. The summed E-state index contributed by atoms with van der Waals surface area (Å²) in [5.41, 5.74) is 5.44. The molecular formula is C7H15N3O. The van der Waals surface area contributed by atoms with Gasteiger partial charge in [0.2, 0.25) is 5.96 Å². The fraction of sp³-hybridized carbons (Fsp3) is 0.857. The van der Waals surface area contributed by atoms with Gasteiger partial charge in [-0.15, -0.1) is 0 Å². The van der Waals surface area contributed by atoms with Crippen molar-refractivity contribution in [2.45, 2.75) is 25.7 Å². The molecule has 0 aromatic rings. The highest BCUT2D eigenvalue weighted by Gasteiger charge is 2.10. The highest BCUT2D eigenvalue weighted by molar-refractivity contribution is 5.77. The molecule has 1 rings (SSSR count). The van der Waals surface area contributed by atoms with Crippen molar-refractivity contribution in [2.75, 3.05) is 13.1 Å². The molecule has 0 bridgehead atoms. The predicted molar refractivity (Wildman–Crippen MR) is 43.4 cm³/mol. The standard InChI is InChI=1S/C7H15N3O/c8-7(9-11)10-5-3-1-2-4-6-10/h11H,1-6H2,(H2,8,9). The SMILES string of the molecule is N/C(=N\O)N1CCCCCC1. The summed E-state index contributed by atoms with van der Waals surface area (Å²) in [6.45, 7) is 1.85. The van der Waals surface area contributed by atoms with Gasteiger partial charge < -0.3 is 15.8 Å². The minimum atomic E-state index is 0.256. The van der Waals surface area contributed by atoms with Crippen molar-refractivity contribution in [1.82, 2.24) is 4.90 Å². The maximum absolute atomic E-state index is 8.40. The first-order chi connectivity index (χ1) is 5.34. The lowest BCUT2D eigenvalue weighted by Crippen LogP contribution is -2.37. The lowest BCUT2D eigenvalue weighted by atomic mass is 10.2. The van der Waals surface area contributed by atoms with E-state index in [0.29, 0.717) is 0 Å². The summed E-state index contributed by atoms with van der Waals surface area (Å²) in [5.74, 6) is 0.256. The van der Waals surface area contributed by atoms with E-state index in [0.717, 1.165) is 25.9 Å². The zero-order chi connectivity index (χ0) is 8.10. The lowest BCUT2D eigenvalue weighted by Gasteiger charge is -2.19. The third-order valence-corrected chi connectivity index (χ3v) is 2.03. The van der Waals surface area contributed by atoms with Crippen LogP contribution in [0.5, 0.6) is 0 Å². The van der Waals surface area contributed by atoms with Gasteiger partial charge in [-0.1, -0.05) is 18.0 Å². The van der Waals surface area contributed by atoms with Crippen LogP contribution in [0.25, 0.3) is 0 Å². The van der Waals surface area contributed by atoms with E-state index in [1.54, 1.807) is 0 Å². The van der Waals surface area contributed by atoms with Crippen molar-refractivity contribution >= 4 is 5.96 Å². The van der Waals surface area contributed by atoms with Crippen LogP contribution in [0.3, 0.4) is 0 Å². The summed E-state index contributed by atoms with van der Waals surface area (Å²) in [6.07, 6.45) is 4.82. The number of likely N-dealkylation sites (tertiary alicyclic amines) is 1. The van der Waals surface area contributed by atoms with Crippen molar-refractivity contribution in [1.29, 1.82) is 0 Å². The minimum absolute atomic E-state index is 0.256. The van der Waals surface area contributed by atoms with Crippen LogP contribution in [-0.4, -0.2) is 29.2 Å². The molecule has 0 radical (unpaired) electrons. The van der Waals surface area contributed by atoms with E-state index in [4.69, 9.17) is 10.9 Å². The van der Waals surface area contributed by atoms with E-state index in [1.165, 1.54) is 12.8 Å². The monoisotopic (exact) mass is 157 g/mol. The average molecular weight is 157 g/mol. The van der Waals surface area contributed by atoms with Crippen LogP contribution in [0.1, 0.15) is 25.7 Å². The highest BCUT2D eigenvalue weighted by atomic mass is 16.4. The van der Waals surface area contributed by atoms with Crippen LogP contribution in [0.2, 0.25) is 0 Å². The zero-order valence-electron chi connectivity index (χ0n) is 6.66. The predicted octanol–water partition coefficient (Wildman–Crippen LogP) is 0.566. The third-order valence-electron chi connectivity index (χ3n) is 2.03. The molecule has 0 aromatic heterocycles. The maximum atomic E-state index is 8.40. The second kappa shape index (κ2) is 4.05. The Bertz CT molecular complexity index is 139. The van der Waals surface area contributed by atoms with Gasteiger partial charge in [-0.25, -0.2) is 0 Å². The fourth-order valence-electron chi connectivity index (χ4n) is 1.36. The molecule has 1 aliphatic heterocycles. The molecular weight excluding hydrogens is 142 g/mol. The van der Waals surface area contributed by atoms with Crippen molar-refractivity contribution in [2.24, 2.45) is 10.9 Å². The summed E-state index contributed by atoms with van der Waals surface area (Å²) in [5, 5.41) is 11.4. The molecule has 64 valence electrons. The molecule has 11 heavy (non-hydrogen) atoms. The van der Waals surface area contributed by atoms with Crippen LogP contribution in [0, 0.1) is 0 Å². The van der Waals surface area contributed by atoms with Crippen LogP contribution < -0.4 is 5.73 Å². The molecule has 0 aromatic carbocycles. The Balaban J connectivity index is 2.42.